The summed E-state index contributed by atoms with van der Waals surface area (Å²) >= 11 is 0. The first-order chi connectivity index (χ1) is 11.0. The number of piperidine rings is 1. The van der Waals surface area contributed by atoms with E-state index in [1.807, 2.05) is 11.0 Å². The summed E-state index contributed by atoms with van der Waals surface area (Å²) in [7, 11) is 3.02. The third kappa shape index (κ3) is 2.68. The highest BCUT2D eigenvalue weighted by atomic mass is 16.5. The number of nitriles is 1. The Bertz CT molecular complexity index is 744. The van der Waals surface area contributed by atoms with E-state index in [1.165, 1.54) is 11.6 Å². The van der Waals surface area contributed by atoms with Crippen molar-refractivity contribution in [3.05, 3.63) is 26.4 Å². The Morgan fingerprint density at radius 2 is 1.83 bits per heavy atom. The monoisotopic (exact) mass is 318 g/mol. The van der Waals surface area contributed by atoms with Crippen LogP contribution in [0, 0.1) is 17.2 Å². The van der Waals surface area contributed by atoms with Crippen LogP contribution in [0.3, 0.4) is 0 Å². The SMILES string of the molecule is Cn1c(N2CCC(C3CCCO3)CC2)c(C#N)c(=O)n(C)c1=O. The number of hydrogen-bond acceptors (Lipinski definition) is 5. The van der Waals surface area contributed by atoms with Gasteiger partial charge in [-0.3, -0.25) is 13.9 Å². The summed E-state index contributed by atoms with van der Waals surface area (Å²) < 4.78 is 8.17. The molecule has 0 spiro atoms. The normalized spacial score (nSPS) is 22.3. The van der Waals surface area contributed by atoms with Crippen LogP contribution in [0.15, 0.2) is 9.59 Å². The van der Waals surface area contributed by atoms with Gasteiger partial charge in [-0.15, -0.1) is 0 Å². The van der Waals surface area contributed by atoms with E-state index in [-0.39, 0.29) is 5.56 Å². The summed E-state index contributed by atoms with van der Waals surface area (Å²) in [6, 6.07) is 1.98. The molecule has 0 amide bonds. The average Bonchev–Trinajstić information content (AvgIpc) is 3.11. The summed E-state index contributed by atoms with van der Waals surface area (Å²) in [6.07, 6.45) is 4.52. The van der Waals surface area contributed by atoms with Crippen molar-refractivity contribution in [1.82, 2.24) is 9.13 Å². The van der Waals surface area contributed by atoms with Crippen molar-refractivity contribution in [1.29, 1.82) is 5.26 Å². The minimum atomic E-state index is -0.521. The molecule has 2 saturated heterocycles. The smallest absolute Gasteiger partial charge is 0.332 e. The molecule has 1 aromatic rings. The van der Waals surface area contributed by atoms with Gasteiger partial charge in [-0.25, -0.2) is 4.79 Å². The molecule has 124 valence electrons. The lowest BCUT2D eigenvalue weighted by molar-refractivity contribution is 0.0530. The third-order valence-corrected chi connectivity index (χ3v) is 5.08. The highest BCUT2D eigenvalue weighted by Crippen LogP contribution is 2.30. The van der Waals surface area contributed by atoms with Crippen molar-refractivity contribution in [3.8, 4) is 6.07 Å². The molecular weight excluding hydrogens is 296 g/mol. The fourth-order valence-electron chi connectivity index (χ4n) is 3.76. The predicted octanol–water partition coefficient (Wildman–Crippen LogP) is 0.351. The number of hydrogen-bond donors (Lipinski definition) is 0. The van der Waals surface area contributed by atoms with E-state index in [4.69, 9.17) is 4.74 Å². The lowest BCUT2D eigenvalue weighted by Crippen LogP contribution is -2.45. The minimum absolute atomic E-state index is 0.0465. The molecule has 0 aliphatic carbocycles. The van der Waals surface area contributed by atoms with E-state index in [0.717, 1.165) is 49.9 Å². The van der Waals surface area contributed by atoms with Gasteiger partial charge in [0.15, 0.2) is 5.56 Å². The van der Waals surface area contributed by atoms with Crippen molar-refractivity contribution in [2.75, 3.05) is 24.6 Å². The van der Waals surface area contributed by atoms with Crippen molar-refractivity contribution < 1.29 is 4.74 Å². The third-order valence-electron chi connectivity index (χ3n) is 5.08. The molecule has 2 fully saturated rings. The maximum atomic E-state index is 12.2. The lowest BCUT2D eigenvalue weighted by Gasteiger charge is -2.36. The maximum Gasteiger partial charge on any atom is 0.332 e. The Balaban J connectivity index is 1.88. The van der Waals surface area contributed by atoms with Gasteiger partial charge in [-0.2, -0.15) is 5.26 Å². The molecule has 2 aliphatic heterocycles. The maximum absolute atomic E-state index is 12.2. The van der Waals surface area contributed by atoms with Crippen LogP contribution in [-0.4, -0.2) is 34.9 Å². The molecule has 0 aromatic carbocycles. The molecule has 3 heterocycles. The topological polar surface area (TPSA) is 80.3 Å². The molecule has 2 aliphatic rings. The molecule has 7 heteroatoms. The zero-order valence-corrected chi connectivity index (χ0v) is 13.6. The van der Waals surface area contributed by atoms with Crippen LogP contribution in [0.25, 0.3) is 0 Å². The van der Waals surface area contributed by atoms with Crippen LogP contribution < -0.4 is 16.1 Å². The molecule has 0 saturated carbocycles. The fraction of sp³-hybridized carbons (Fsp3) is 0.688. The molecule has 23 heavy (non-hydrogen) atoms. The first kappa shape index (κ1) is 15.8. The highest BCUT2D eigenvalue weighted by Gasteiger charge is 2.31. The fourth-order valence-corrected chi connectivity index (χ4v) is 3.76. The number of aromatic nitrogens is 2. The average molecular weight is 318 g/mol. The minimum Gasteiger partial charge on any atom is -0.378 e. The summed E-state index contributed by atoms with van der Waals surface area (Å²) in [6.45, 7) is 2.33. The largest absolute Gasteiger partial charge is 0.378 e. The second-order valence-electron chi connectivity index (χ2n) is 6.39. The van der Waals surface area contributed by atoms with Crippen LogP contribution in [0.4, 0.5) is 5.82 Å². The Morgan fingerprint density at radius 3 is 2.39 bits per heavy atom. The van der Waals surface area contributed by atoms with Crippen LogP contribution in [-0.2, 0) is 18.8 Å². The van der Waals surface area contributed by atoms with Crippen molar-refractivity contribution in [3.63, 3.8) is 0 Å². The zero-order valence-electron chi connectivity index (χ0n) is 13.6. The predicted molar refractivity (Wildman–Crippen MR) is 85.6 cm³/mol. The summed E-state index contributed by atoms with van der Waals surface area (Å²) in [5, 5.41) is 9.37. The van der Waals surface area contributed by atoms with Crippen LogP contribution in [0.1, 0.15) is 31.2 Å². The number of anilines is 1. The summed E-state index contributed by atoms with van der Waals surface area (Å²) in [5.74, 6) is 0.981. The van der Waals surface area contributed by atoms with Crippen molar-refractivity contribution >= 4 is 5.82 Å². The van der Waals surface area contributed by atoms with Gasteiger partial charge in [-0.1, -0.05) is 0 Å². The molecule has 3 rings (SSSR count). The molecule has 1 atom stereocenters. The number of rotatable bonds is 2. The molecular formula is C16H22N4O3. The van der Waals surface area contributed by atoms with E-state index in [9.17, 15) is 14.9 Å². The quantitative estimate of drug-likeness (QED) is 0.786. The number of nitrogens with zero attached hydrogens (tertiary/aromatic N) is 4. The van der Waals surface area contributed by atoms with E-state index in [2.05, 4.69) is 0 Å². The highest BCUT2D eigenvalue weighted by molar-refractivity contribution is 5.53. The van der Waals surface area contributed by atoms with Gasteiger partial charge in [-0.05, 0) is 31.6 Å². The first-order valence-electron chi connectivity index (χ1n) is 8.11. The van der Waals surface area contributed by atoms with Crippen LogP contribution >= 0.6 is 0 Å². The molecule has 0 bridgehead atoms. The second kappa shape index (κ2) is 6.20. The van der Waals surface area contributed by atoms with E-state index in [0.29, 0.717) is 17.8 Å². The van der Waals surface area contributed by atoms with Gasteiger partial charge in [0.05, 0.1) is 6.10 Å². The molecule has 7 nitrogen and oxygen atoms in total. The van der Waals surface area contributed by atoms with Gasteiger partial charge < -0.3 is 9.64 Å². The Labute approximate surface area is 134 Å². The van der Waals surface area contributed by atoms with Gasteiger partial charge in [0.25, 0.3) is 5.56 Å². The molecule has 0 radical (unpaired) electrons. The van der Waals surface area contributed by atoms with E-state index in [1.54, 1.807) is 7.05 Å². The standard InChI is InChI=1S/C16H22N4O3/c1-18-14(12(10-17)15(21)19(2)16(18)22)20-7-5-11(6-8-20)13-4-3-9-23-13/h11,13H,3-9H2,1-2H3. The van der Waals surface area contributed by atoms with Crippen LogP contribution in [0.2, 0.25) is 0 Å². The lowest BCUT2D eigenvalue weighted by atomic mass is 9.89. The molecule has 1 aromatic heterocycles. The van der Waals surface area contributed by atoms with E-state index < -0.39 is 11.2 Å². The van der Waals surface area contributed by atoms with Gasteiger partial charge in [0.1, 0.15) is 11.9 Å². The van der Waals surface area contributed by atoms with Crippen molar-refractivity contribution in [2.45, 2.75) is 31.8 Å². The van der Waals surface area contributed by atoms with Crippen LogP contribution in [0.5, 0.6) is 0 Å². The van der Waals surface area contributed by atoms with Gasteiger partial charge >= 0.3 is 5.69 Å². The van der Waals surface area contributed by atoms with E-state index >= 15 is 0 Å². The summed E-state index contributed by atoms with van der Waals surface area (Å²) in [5.41, 5.74) is -0.873. The summed E-state index contributed by atoms with van der Waals surface area (Å²) in [4.78, 5) is 26.3. The molecule has 0 N–H and O–H groups in total. The Kier molecular flexibility index (Phi) is 4.26. The first-order valence-corrected chi connectivity index (χ1v) is 8.11. The second-order valence-corrected chi connectivity index (χ2v) is 6.39. The number of ether oxygens (including phenoxy) is 1. The van der Waals surface area contributed by atoms with Gasteiger partial charge in [0, 0.05) is 33.8 Å². The van der Waals surface area contributed by atoms with Gasteiger partial charge in [0.2, 0.25) is 0 Å². The van der Waals surface area contributed by atoms with Crippen molar-refractivity contribution in [2.24, 2.45) is 20.0 Å². The Morgan fingerprint density at radius 1 is 1.13 bits per heavy atom. The molecule has 1 unspecified atom stereocenters. The Hall–Kier alpha value is -2.07. The zero-order chi connectivity index (χ0) is 16.6.